The molecule has 78 heavy (non-hydrogen) atoms. The number of hydrogen-bond donors (Lipinski definition) is 3. The molecule has 2 aliphatic carbocycles. The predicted octanol–water partition coefficient (Wildman–Crippen LogP) is 6.44. The van der Waals surface area contributed by atoms with Crippen LogP contribution in [-0.4, -0.2) is 181 Å². The van der Waals surface area contributed by atoms with E-state index in [1.54, 1.807) is 24.1 Å². The molecule has 15 nitrogen and oxygen atoms in total. The molecular formula is C56H76ClF6N9O6. The third-order valence-electron chi connectivity index (χ3n) is 17.5. The van der Waals surface area contributed by atoms with Crippen LogP contribution in [0.4, 0.5) is 32.0 Å². The van der Waals surface area contributed by atoms with Crippen LogP contribution in [0.25, 0.3) is 11.1 Å². The Bertz CT molecular complexity index is 2530. The van der Waals surface area contributed by atoms with Gasteiger partial charge in [0.15, 0.2) is 5.41 Å². The third-order valence-corrected chi connectivity index (χ3v) is 17.8. The van der Waals surface area contributed by atoms with E-state index >= 15 is 14.0 Å². The minimum Gasteiger partial charge on any atom is -0.369 e. The van der Waals surface area contributed by atoms with Crippen molar-refractivity contribution in [2.45, 2.75) is 145 Å². The van der Waals surface area contributed by atoms with Crippen LogP contribution < -0.4 is 21.3 Å². The molecule has 22 heteroatoms. The molecule has 4 heterocycles. The van der Waals surface area contributed by atoms with Crippen molar-refractivity contribution in [2.24, 2.45) is 28.9 Å². The number of amides is 6. The van der Waals surface area contributed by atoms with Gasteiger partial charge in [0.2, 0.25) is 35.4 Å². The summed E-state index contributed by atoms with van der Waals surface area (Å²) in [5, 5.41) is 6.67. The maximum atomic E-state index is 15.8. The number of halogens is 7. The molecule has 0 radical (unpaired) electrons. The summed E-state index contributed by atoms with van der Waals surface area (Å²) < 4.78 is 88.6. The van der Waals surface area contributed by atoms with Crippen molar-refractivity contribution in [1.29, 1.82) is 0 Å². The number of likely N-dealkylation sites (tertiary alicyclic amines) is 1. The minimum atomic E-state index is -5.52. The Balaban J connectivity index is 1.07. The summed E-state index contributed by atoms with van der Waals surface area (Å²) in [7, 11) is 4.49. The fourth-order valence-corrected chi connectivity index (χ4v) is 13.0. The lowest BCUT2D eigenvalue weighted by molar-refractivity contribution is -0.300. The molecule has 4 saturated heterocycles. The second kappa shape index (κ2) is 23.5. The maximum absolute atomic E-state index is 15.8. The summed E-state index contributed by atoms with van der Waals surface area (Å²) >= 11 is 6.68. The Labute approximate surface area is 458 Å². The van der Waals surface area contributed by atoms with E-state index in [2.05, 4.69) is 32.6 Å². The first kappa shape index (κ1) is 59.0. The van der Waals surface area contributed by atoms with E-state index in [-0.39, 0.29) is 43.9 Å². The quantitative estimate of drug-likeness (QED) is 0.191. The van der Waals surface area contributed by atoms with Gasteiger partial charge in [-0.1, -0.05) is 69.3 Å². The highest BCUT2D eigenvalue weighted by Crippen LogP contribution is 2.62. The summed E-state index contributed by atoms with van der Waals surface area (Å²) in [5.41, 5.74) is 3.14. The Morgan fingerprint density at radius 1 is 0.872 bits per heavy atom. The van der Waals surface area contributed by atoms with Crippen molar-refractivity contribution in [3.05, 3.63) is 53.1 Å². The molecule has 0 aromatic heterocycles. The molecule has 6 fully saturated rings. The lowest BCUT2D eigenvalue weighted by atomic mass is 9.63. The molecule has 4 aliphatic heterocycles. The zero-order valence-electron chi connectivity index (χ0n) is 45.4. The summed E-state index contributed by atoms with van der Waals surface area (Å²) in [5.74, 6) is -12.7. The van der Waals surface area contributed by atoms with Gasteiger partial charge in [0.25, 0.3) is 5.92 Å². The molecule has 0 spiro atoms. The highest BCUT2D eigenvalue weighted by atomic mass is 35.5. The van der Waals surface area contributed by atoms with Gasteiger partial charge >= 0.3 is 6.18 Å². The number of nitrogens with one attached hydrogen (secondary N) is 2. The molecule has 2 aromatic rings. The Morgan fingerprint density at radius 2 is 1.51 bits per heavy atom. The van der Waals surface area contributed by atoms with Crippen LogP contribution in [0.15, 0.2) is 42.5 Å². The molecular weight excluding hydrogens is 1040 g/mol. The zero-order valence-corrected chi connectivity index (χ0v) is 46.1. The van der Waals surface area contributed by atoms with Crippen LogP contribution in [0.2, 0.25) is 5.02 Å². The van der Waals surface area contributed by atoms with E-state index in [0.717, 1.165) is 61.0 Å². The molecule has 2 saturated carbocycles. The smallest absolute Gasteiger partial charge is 0.369 e. The number of hydrogen-bond acceptors (Lipinski definition) is 9. The van der Waals surface area contributed by atoms with E-state index in [4.69, 9.17) is 17.3 Å². The Morgan fingerprint density at radius 3 is 2.09 bits per heavy atom. The minimum absolute atomic E-state index is 0.0304. The van der Waals surface area contributed by atoms with Crippen LogP contribution in [0.5, 0.6) is 0 Å². The van der Waals surface area contributed by atoms with Gasteiger partial charge in [0.05, 0.1) is 12.5 Å². The van der Waals surface area contributed by atoms with Crippen LogP contribution in [-0.2, 0) is 35.2 Å². The third kappa shape index (κ3) is 12.1. The molecule has 430 valence electrons. The second-order valence-electron chi connectivity index (χ2n) is 23.4. The fourth-order valence-electron chi connectivity index (χ4n) is 12.8. The molecule has 8 rings (SSSR count). The number of rotatable bonds is 13. The lowest BCUT2D eigenvalue weighted by Crippen LogP contribution is -2.70. The first-order chi connectivity index (χ1) is 36.8. The fraction of sp³-hybridized carbons (Fsp3) is 0.679. The van der Waals surface area contributed by atoms with Crippen LogP contribution in [0, 0.1) is 23.2 Å². The average molecular weight is 1120 g/mol. The van der Waals surface area contributed by atoms with Gasteiger partial charge in [0, 0.05) is 109 Å². The monoisotopic (exact) mass is 1120 g/mol. The van der Waals surface area contributed by atoms with E-state index in [0.29, 0.717) is 60.2 Å². The number of anilines is 1. The lowest BCUT2D eigenvalue weighted by Gasteiger charge is -2.51. The number of nitrogens with zero attached hydrogens (tertiary/aromatic N) is 6. The number of primary amides is 1. The normalized spacial score (nSPS) is 27.5. The SMILES string of the molecule is CC(C)C[C@@H]1NC(=O)[C@@H](N(C)C(=O)[C@@H](C2CC2)C2(C(N)=O)CC(F)CN2C(=O)C2(C(F)(F)F)CC(F)(F)C2)CCCCCCCN(C)C(=O)[C@H](Cc2cc(Cl)ccc2-c2ccc(N3CCN(C4CNC4)CC3)cc2)N(C)C1=O. The highest BCUT2D eigenvalue weighted by Gasteiger charge is 2.77. The number of carbonyl (C=O) groups excluding carboxylic acids is 6. The van der Waals surface area contributed by atoms with Crippen molar-refractivity contribution in [3.63, 3.8) is 0 Å². The van der Waals surface area contributed by atoms with E-state index in [9.17, 15) is 41.1 Å². The summed E-state index contributed by atoms with van der Waals surface area (Å²) in [6.07, 6.45) is -8.86. The first-order valence-corrected chi connectivity index (χ1v) is 28.0. The van der Waals surface area contributed by atoms with E-state index in [1.165, 1.54) is 19.0 Å². The van der Waals surface area contributed by atoms with Gasteiger partial charge in [-0.05, 0) is 84.9 Å². The molecule has 6 atom stereocenters. The van der Waals surface area contributed by atoms with Gasteiger partial charge in [-0.25, -0.2) is 13.2 Å². The second-order valence-corrected chi connectivity index (χ2v) is 23.9. The largest absolute Gasteiger partial charge is 0.403 e. The van der Waals surface area contributed by atoms with E-state index < -0.39 is 115 Å². The van der Waals surface area contributed by atoms with E-state index in [1.807, 2.05) is 32.0 Å². The highest BCUT2D eigenvalue weighted by molar-refractivity contribution is 6.30. The van der Waals surface area contributed by atoms with Crippen molar-refractivity contribution in [1.82, 2.24) is 35.1 Å². The first-order valence-electron chi connectivity index (χ1n) is 27.7. The average Bonchev–Trinajstić information content (AvgIpc) is 3.32. The van der Waals surface area contributed by atoms with Crippen molar-refractivity contribution >= 4 is 52.7 Å². The summed E-state index contributed by atoms with van der Waals surface area (Å²) in [4.78, 5) is 97.1. The van der Waals surface area contributed by atoms with Crippen LogP contribution in [0.3, 0.4) is 0 Å². The van der Waals surface area contributed by atoms with Crippen molar-refractivity contribution in [3.8, 4) is 11.1 Å². The van der Waals surface area contributed by atoms with Gasteiger partial charge in [-0.2, -0.15) is 13.2 Å². The molecule has 2 unspecified atom stereocenters. The van der Waals surface area contributed by atoms with Crippen LogP contribution in [0.1, 0.15) is 96.5 Å². The summed E-state index contributed by atoms with van der Waals surface area (Å²) in [6.45, 7) is 8.80. The Kier molecular flexibility index (Phi) is 17.8. The number of alkyl halides is 6. The number of carbonyl (C=O) groups is 6. The van der Waals surface area contributed by atoms with Crippen molar-refractivity contribution in [2.75, 3.05) is 78.4 Å². The molecule has 0 bridgehead atoms. The zero-order chi connectivity index (χ0) is 56.6. The Hall–Kier alpha value is -5.15. The van der Waals surface area contributed by atoms with Gasteiger partial charge in [0.1, 0.15) is 29.8 Å². The number of piperazine rings is 1. The standard InChI is InChI=1S/C56H76ClF6N9O6/c1-34(2)25-43-48(74)69(5)45(27-37-26-38(57)16-19-42(37)35-14-17-40(18-15-35)70-21-23-71(24-22-70)41-29-65-30-41)49(75)67(3)20-10-8-6-7-9-11-44(47(73)66-43)68(4)50(76)46(36-12-13-36)55(51(64)77)28-39(58)31-72(55)52(78)53(56(61,62)63)32-54(59,60)33-53/h14-19,26,34,36,39,41,43-46,65H,6-13,20-25,27-33H2,1-5H3,(H2,64,77)(H,66,73)/t39?,43-,44-,45-,46+,55?/m0/s1. The predicted molar refractivity (Wildman–Crippen MR) is 283 cm³/mol. The molecule has 2 aromatic carbocycles. The van der Waals surface area contributed by atoms with Crippen molar-refractivity contribution < 1.29 is 55.1 Å². The van der Waals surface area contributed by atoms with Gasteiger partial charge in [-0.3, -0.25) is 33.7 Å². The molecule has 4 N–H and O–H groups in total. The maximum Gasteiger partial charge on any atom is 0.403 e. The van der Waals surface area contributed by atoms with Crippen LogP contribution >= 0.6 is 11.6 Å². The number of likely N-dealkylation sites (N-methyl/N-ethyl adjacent to an activating group) is 3. The topological polar surface area (TPSA) is 172 Å². The summed E-state index contributed by atoms with van der Waals surface area (Å²) in [6, 6.07) is 10.6. The number of benzene rings is 2. The molecule has 6 aliphatic rings. The van der Waals surface area contributed by atoms with Gasteiger partial charge in [-0.15, -0.1) is 0 Å². The number of nitrogens with two attached hydrogens (primary N) is 1. The van der Waals surface area contributed by atoms with Gasteiger partial charge < -0.3 is 40.9 Å². The molecule has 6 amide bonds.